The van der Waals surface area contributed by atoms with Gasteiger partial charge in [-0.15, -0.1) is 0 Å². The molecule has 5 heteroatoms. The number of aromatic nitrogens is 1. The van der Waals surface area contributed by atoms with Crippen LogP contribution in [0.5, 0.6) is 0 Å². The quantitative estimate of drug-likeness (QED) is 0.535. The topological polar surface area (TPSA) is 58.4 Å². The van der Waals surface area contributed by atoms with Gasteiger partial charge in [-0.05, 0) is 32.0 Å². The maximum Gasteiger partial charge on any atom is 0.259 e. The summed E-state index contributed by atoms with van der Waals surface area (Å²) in [6.07, 6.45) is 3.74. The molecule has 0 aliphatic heterocycles. The van der Waals surface area contributed by atoms with Gasteiger partial charge in [0.2, 0.25) is 0 Å². The molecule has 2 N–H and O–H groups in total. The molecule has 2 aromatic carbocycles. The minimum absolute atomic E-state index is 0.178. The molecule has 0 bridgehead atoms. The first-order valence-corrected chi connectivity index (χ1v) is 8.37. The Hall–Kier alpha value is -3.08. The third kappa shape index (κ3) is 4.07. The fourth-order valence-electron chi connectivity index (χ4n) is 2.71. The van der Waals surface area contributed by atoms with Gasteiger partial charge in [-0.3, -0.25) is 4.79 Å². The van der Waals surface area contributed by atoms with E-state index < -0.39 is 0 Å². The van der Waals surface area contributed by atoms with Crippen molar-refractivity contribution in [2.75, 3.05) is 11.9 Å². The Morgan fingerprint density at radius 1 is 1.16 bits per heavy atom. The predicted molar refractivity (Wildman–Crippen MR) is 103 cm³/mol. The second-order valence-corrected chi connectivity index (χ2v) is 5.90. The second kappa shape index (κ2) is 7.66. The number of hydrogen-bond acceptors (Lipinski definition) is 3. The molecule has 3 rings (SSSR count). The van der Waals surface area contributed by atoms with E-state index in [0.717, 1.165) is 23.2 Å². The van der Waals surface area contributed by atoms with E-state index in [0.29, 0.717) is 0 Å². The SMILES string of the molecule is CCn1cc(/C=N\NC(=O)CNc2ccc(C)cc2)c2ccccc21. The largest absolute Gasteiger partial charge is 0.376 e. The highest BCUT2D eigenvalue weighted by molar-refractivity contribution is 5.99. The van der Waals surface area contributed by atoms with Crippen LogP contribution in [0.3, 0.4) is 0 Å². The van der Waals surface area contributed by atoms with Gasteiger partial charge in [-0.1, -0.05) is 35.9 Å². The third-order valence-electron chi connectivity index (χ3n) is 4.06. The van der Waals surface area contributed by atoms with Gasteiger partial charge in [0.15, 0.2) is 0 Å². The third-order valence-corrected chi connectivity index (χ3v) is 4.06. The van der Waals surface area contributed by atoms with E-state index in [1.54, 1.807) is 6.21 Å². The lowest BCUT2D eigenvalue weighted by Crippen LogP contribution is -2.25. The number of anilines is 1. The van der Waals surface area contributed by atoms with Crippen LogP contribution in [0, 0.1) is 6.92 Å². The number of fused-ring (bicyclic) bond motifs is 1. The first-order valence-electron chi connectivity index (χ1n) is 8.37. The van der Waals surface area contributed by atoms with Gasteiger partial charge in [-0.2, -0.15) is 5.10 Å². The summed E-state index contributed by atoms with van der Waals surface area (Å²) in [7, 11) is 0. The molecule has 3 aromatic rings. The van der Waals surface area contributed by atoms with Crippen LogP contribution in [0.1, 0.15) is 18.1 Å². The Labute approximate surface area is 147 Å². The van der Waals surface area contributed by atoms with Crippen LogP contribution in [0.15, 0.2) is 59.8 Å². The Morgan fingerprint density at radius 2 is 1.92 bits per heavy atom. The molecule has 1 aromatic heterocycles. The number of amides is 1. The molecule has 0 aliphatic carbocycles. The van der Waals surface area contributed by atoms with Crippen LogP contribution in [0.2, 0.25) is 0 Å². The van der Waals surface area contributed by atoms with Crippen molar-refractivity contribution >= 4 is 28.7 Å². The van der Waals surface area contributed by atoms with Crippen LogP contribution in [-0.4, -0.2) is 23.2 Å². The standard InChI is InChI=1S/C20H22N4O/c1-3-24-14-16(18-6-4-5-7-19(18)24)12-22-23-20(25)13-21-17-10-8-15(2)9-11-17/h4-12,14,21H,3,13H2,1-2H3,(H,23,25)/b22-12-. The number of nitrogens with one attached hydrogen (secondary N) is 2. The van der Waals surface area contributed by atoms with E-state index in [1.807, 2.05) is 49.5 Å². The van der Waals surface area contributed by atoms with Gasteiger partial charge < -0.3 is 9.88 Å². The zero-order valence-electron chi connectivity index (χ0n) is 14.5. The molecular weight excluding hydrogens is 312 g/mol. The highest BCUT2D eigenvalue weighted by Crippen LogP contribution is 2.19. The number of aryl methyl sites for hydroxylation is 2. The molecular formula is C20H22N4O. The number of nitrogens with zero attached hydrogens (tertiary/aromatic N) is 2. The number of carbonyl (C=O) groups excluding carboxylic acids is 1. The monoisotopic (exact) mass is 334 g/mol. The maximum atomic E-state index is 11.9. The van der Waals surface area contributed by atoms with E-state index in [9.17, 15) is 4.79 Å². The van der Waals surface area contributed by atoms with Gasteiger partial charge in [0.05, 0.1) is 12.8 Å². The number of hydrazone groups is 1. The molecule has 1 heterocycles. The van der Waals surface area contributed by atoms with Gasteiger partial charge in [-0.25, -0.2) is 5.43 Å². The Kier molecular flexibility index (Phi) is 5.14. The number of benzene rings is 2. The van der Waals surface area contributed by atoms with Crippen LogP contribution < -0.4 is 10.7 Å². The average molecular weight is 334 g/mol. The Bertz CT molecular complexity index is 894. The van der Waals surface area contributed by atoms with Crippen molar-refractivity contribution < 1.29 is 4.79 Å². The van der Waals surface area contributed by atoms with E-state index in [-0.39, 0.29) is 12.5 Å². The molecule has 0 atom stereocenters. The zero-order chi connectivity index (χ0) is 17.6. The molecule has 25 heavy (non-hydrogen) atoms. The summed E-state index contributed by atoms with van der Waals surface area (Å²) < 4.78 is 2.16. The number of rotatable bonds is 6. The number of hydrogen-bond donors (Lipinski definition) is 2. The van der Waals surface area contributed by atoms with Gasteiger partial charge in [0.25, 0.3) is 5.91 Å². The molecule has 0 saturated carbocycles. The van der Waals surface area contributed by atoms with Crippen LogP contribution in [0.4, 0.5) is 5.69 Å². The minimum Gasteiger partial charge on any atom is -0.376 e. The van der Waals surface area contributed by atoms with Gasteiger partial charge in [0, 0.05) is 34.9 Å². The Balaban J connectivity index is 1.59. The van der Waals surface area contributed by atoms with E-state index in [1.165, 1.54) is 11.1 Å². The number of carbonyl (C=O) groups is 1. The predicted octanol–water partition coefficient (Wildman–Crippen LogP) is 3.53. The molecule has 1 amide bonds. The normalized spacial score (nSPS) is 11.1. The van der Waals surface area contributed by atoms with Crippen molar-refractivity contribution in [1.82, 2.24) is 9.99 Å². The first-order chi connectivity index (χ1) is 12.2. The molecule has 128 valence electrons. The maximum absolute atomic E-state index is 11.9. The molecule has 0 unspecified atom stereocenters. The van der Waals surface area contributed by atoms with E-state index in [2.05, 4.69) is 39.5 Å². The summed E-state index contributed by atoms with van der Waals surface area (Å²) in [5.41, 5.74) is 6.82. The second-order valence-electron chi connectivity index (χ2n) is 5.90. The van der Waals surface area contributed by atoms with E-state index >= 15 is 0 Å². The fraction of sp³-hybridized carbons (Fsp3) is 0.200. The number of para-hydroxylation sites is 1. The molecule has 0 spiro atoms. The van der Waals surface area contributed by atoms with Crippen LogP contribution in [-0.2, 0) is 11.3 Å². The average Bonchev–Trinajstić information content (AvgIpc) is 2.99. The fourth-order valence-corrected chi connectivity index (χ4v) is 2.71. The lowest BCUT2D eigenvalue weighted by molar-refractivity contribution is -0.119. The smallest absolute Gasteiger partial charge is 0.259 e. The Morgan fingerprint density at radius 3 is 2.68 bits per heavy atom. The summed E-state index contributed by atoms with van der Waals surface area (Å²) in [4.78, 5) is 11.9. The molecule has 0 aliphatic rings. The van der Waals surface area contributed by atoms with Crippen molar-refractivity contribution in [3.8, 4) is 0 Å². The minimum atomic E-state index is -0.184. The van der Waals surface area contributed by atoms with Crippen LogP contribution >= 0.6 is 0 Å². The lowest BCUT2D eigenvalue weighted by Gasteiger charge is -2.05. The summed E-state index contributed by atoms with van der Waals surface area (Å²) in [5, 5.41) is 8.29. The summed E-state index contributed by atoms with van der Waals surface area (Å²) in [6, 6.07) is 16.1. The zero-order valence-corrected chi connectivity index (χ0v) is 14.5. The summed E-state index contributed by atoms with van der Waals surface area (Å²) in [5.74, 6) is -0.184. The highest BCUT2D eigenvalue weighted by Gasteiger charge is 2.05. The molecule has 0 radical (unpaired) electrons. The summed E-state index contributed by atoms with van der Waals surface area (Å²) >= 11 is 0. The lowest BCUT2D eigenvalue weighted by atomic mass is 10.2. The molecule has 0 saturated heterocycles. The van der Waals surface area contributed by atoms with Crippen molar-refractivity contribution in [2.45, 2.75) is 20.4 Å². The van der Waals surface area contributed by atoms with Gasteiger partial charge in [0.1, 0.15) is 0 Å². The van der Waals surface area contributed by atoms with Crippen molar-refractivity contribution in [1.29, 1.82) is 0 Å². The van der Waals surface area contributed by atoms with Crippen LogP contribution in [0.25, 0.3) is 10.9 Å². The van der Waals surface area contributed by atoms with Crippen molar-refractivity contribution in [2.24, 2.45) is 5.10 Å². The molecule has 5 nitrogen and oxygen atoms in total. The summed E-state index contributed by atoms with van der Waals surface area (Å²) in [6.45, 7) is 5.20. The highest BCUT2D eigenvalue weighted by atomic mass is 16.2. The van der Waals surface area contributed by atoms with Crippen molar-refractivity contribution in [3.05, 3.63) is 65.9 Å². The molecule has 0 fully saturated rings. The first kappa shape index (κ1) is 16.8. The van der Waals surface area contributed by atoms with Gasteiger partial charge >= 0.3 is 0 Å². The van der Waals surface area contributed by atoms with Crippen molar-refractivity contribution in [3.63, 3.8) is 0 Å². The van der Waals surface area contributed by atoms with E-state index in [4.69, 9.17) is 0 Å².